The minimum Gasteiger partial charge on any atom is -0.497 e. The standard InChI is InChI=1S/C21H24N4O3/c1-4-6-20(26)23-18-8-5-7-17(14(18)2)22-13-19-24-21(28-25-19)15-9-11-16(27-3)12-10-15/h5,7-12,22H,4,6,13H2,1-3H3,(H,23,26). The highest BCUT2D eigenvalue weighted by Crippen LogP contribution is 2.25. The first-order chi connectivity index (χ1) is 13.6. The number of carbonyl (C=O) groups excluding carboxylic acids is 1. The van der Waals surface area contributed by atoms with Gasteiger partial charge in [-0.15, -0.1) is 0 Å². The molecule has 0 spiro atoms. The topological polar surface area (TPSA) is 89.3 Å². The molecule has 0 saturated heterocycles. The van der Waals surface area contributed by atoms with Crippen molar-refractivity contribution in [3.8, 4) is 17.2 Å². The summed E-state index contributed by atoms with van der Waals surface area (Å²) in [6, 6.07) is 13.2. The molecule has 0 aliphatic carbocycles. The first kappa shape index (κ1) is 19.4. The van der Waals surface area contributed by atoms with Crippen molar-refractivity contribution < 1.29 is 14.1 Å². The van der Waals surface area contributed by atoms with Crippen LogP contribution < -0.4 is 15.4 Å². The van der Waals surface area contributed by atoms with Gasteiger partial charge in [-0.05, 0) is 55.3 Å². The lowest BCUT2D eigenvalue weighted by Crippen LogP contribution is -2.12. The molecule has 0 atom stereocenters. The van der Waals surface area contributed by atoms with Crippen molar-refractivity contribution in [2.24, 2.45) is 0 Å². The van der Waals surface area contributed by atoms with Gasteiger partial charge in [0.25, 0.3) is 5.89 Å². The number of hydrogen-bond acceptors (Lipinski definition) is 6. The molecule has 7 heteroatoms. The number of carbonyl (C=O) groups is 1. The van der Waals surface area contributed by atoms with Crippen molar-refractivity contribution in [3.05, 3.63) is 53.9 Å². The molecule has 0 aliphatic heterocycles. The van der Waals surface area contributed by atoms with Crippen molar-refractivity contribution in [1.82, 2.24) is 10.1 Å². The Bertz CT molecular complexity index is 935. The molecule has 3 aromatic rings. The van der Waals surface area contributed by atoms with Crippen LogP contribution in [0.15, 0.2) is 47.0 Å². The van der Waals surface area contributed by atoms with Gasteiger partial charge in [0.15, 0.2) is 5.82 Å². The van der Waals surface area contributed by atoms with Gasteiger partial charge in [-0.2, -0.15) is 4.98 Å². The van der Waals surface area contributed by atoms with Crippen LogP contribution in [0.5, 0.6) is 5.75 Å². The molecule has 28 heavy (non-hydrogen) atoms. The summed E-state index contributed by atoms with van der Waals surface area (Å²) < 4.78 is 10.5. The Morgan fingerprint density at radius 1 is 1.14 bits per heavy atom. The van der Waals surface area contributed by atoms with Crippen LogP contribution in [0, 0.1) is 6.92 Å². The molecule has 0 aliphatic rings. The predicted octanol–water partition coefficient (Wildman–Crippen LogP) is 4.40. The maximum absolute atomic E-state index is 11.9. The summed E-state index contributed by atoms with van der Waals surface area (Å²) in [7, 11) is 1.62. The average Bonchev–Trinajstić information content (AvgIpc) is 3.18. The summed E-state index contributed by atoms with van der Waals surface area (Å²) >= 11 is 0. The number of nitrogens with one attached hydrogen (secondary N) is 2. The SMILES string of the molecule is CCCC(=O)Nc1cccc(NCc2noc(-c3ccc(OC)cc3)n2)c1C. The molecule has 0 radical (unpaired) electrons. The number of nitrogens with zero attached hydrogens (tertiary/aromatic N) is 2. The first-order valence-electron chi connectivity index (χ1n) is 9.21. The zero-order valence-corrected chi connectivity index (χ0v) is 16.3. The van der Waals surface area contributed by atoms with E-state index in [-0.39, 0.29) is 5.91 Å². The zero-order valence-electron chi connectivity index (χ0n) is 16.3. The highest BCUT2D eigenvalue weighted by atomic mass is 16.5. The number of methoxy groups -OCH3 is 1. The summed E-state index contributed by atoms with van der Waals surface area (Å²) in [5.74, 6) is 1.79. The molecular formula is C21H24N4O3. The molecule has 0 saturated carbocycles. The van der Waals surface area contributed by atoms with Gasteiger partial charge in [-0.3, -0.25) is 4.79 Å². The summed E-state index contributed by atoms with van der Waals surface area (Å²) in [5, 5.41) is 10.3. The summed E-state index contributed by atoms with van der Waals surface area (Å²) in [5.41, 5.74) is 3.50. The maximum Gasteiger partial charge on any atom is 0.257 e. The van der Waals surface area contributed by atoms with Crippen molar-refractivity contribution >= 4 is 17.3 Å². The normalized spacial score (nSPS) is 10.5. The Balaban J connectivity index is 1.66. The fraction of sp³-hybridized carbons (Fsp3) is 0.286. The van der Waals surface area contributed by atoms with E-state index < -0.39 is 0 Å². The maximum atomic E-state index is 11.9. The lowest BCUT2D eigenvalue weighted by atomic mass is 10.1. The van der Waals surface area contributed by atoms with E-state index in [0.29, 0.717) is 24.7 Å². The van der Waals surface area contributed by atoms with Crippen LogP contribution in [0.4, 0.5) is 11.4 Å². The number of amides is 1. The van der Waals surface area contributed by atoms with Crippen molar-refractivity contribution in [2.75, 3.05) is 17.7 Å². The third-order valence-corrected chi connectivity index (χ3v) is 4.33. The average molecular weight is 380 g/mol. The number of anilines is 2. The van der Waals surface area contributed by atoms with E-state index in [1.807, 2.05) is 56.3 Å². The Morgan fingerprint density at radius 3 is 2.61 bits per heavy atom. The van der Waals surface area contributed by atoms with Gasteiger partial charge in [0.2, 0.25) is 5.91 Å². The smallest absolute Gasteiger partial charge is 0.257 e. The molecule has 0 fully saturated rings. The number of aromatic nitrogens is 2. The minimum atomic E-state index is 0.0186. The molecule has 1 amide bonds. The molecule has 3 rings (SSSR count). The molecule has 0 bridgehead atoms. The van der Waals surface area contributed by atoms with Gasteiger partial charge in [0, 0.05) is 23.4 Å². The van der Waals surface area contributed by atoms with Gasteiger partial charge in [-0.25, -0.2) is 0 Å². The monoisotopic (exact) mass is 380 g/mol. The molecule has 7 nitrogen and oxygen atoms in total. The Labute approximate surface area is 164 Å². The largest absolute Gasteiger partial charge is 0.497 e. The Hall–Kier alpha value is -3.35. The van der Waals surface area contributed by atoms with Crippen LogP contribution >= 0.6 is 0 Å². The molecule has 146 valence electrons. The summed E-state index contributed by atoms with van der Waals surface area (Å²) in [4.78, 5) is 16.3. The molecule has 0 unspecified atom stereocenters. The first-order valence-corrected chi connectivity index (χ1v) is 9.21. The summed E-state index contributed by atoms with van der Waals surface area (Å²) in [6.45, 7) is 4.35. The van der Waals surface area contributed by atoms with Gasteiger partial charge >= 0.3 is 0 Å². The van der Waals surface area contributed by atoms with E-state index in [1.54, 1.807) is 7.11 Å². The number of benzene rings is 2. The van der Waals surface area contributed by atoms with Crippen LogP contribution in [0.1, 0.15) is 31.2 Å². The van der Waals surface area contributed by atoms with Crippen molar-refractivity contribution in [3.63, 3.8) is 0 Å². The lowest BCUT2D eigenvalue weighted by Gasteiger charge is -2.13. The predicted molar refractivity (Wildman–Crippen MR) is 108 cm³/mol. The third kappa shape index (κ3) is 4.68. The van der Waals surface area contributed by atoms with E-state index in [2.05, 4.69) is 20.8 Å². The van der Waals surface area contributed by atoms with Crippen molar-refractivity contribution in [2.45, 2.75) is 33.2 Å². The molecule has 1 aromatic heterocycles. The van der Waals surface area contributed by atoms with E-state index in [9.17, 15) is 4.79 Å². The van der Waals surface area contributed by atoms with Crippen LogP contribution in [0.2, 0.25) is 0 Å². The molecular weight excluding hydrogens is 356 g/mol. The molecule has 1 heterocycles. The summed E-state index contributed by atoms with van der Waals surface area (Å²) in [6.07, 6.45) is 1.32. The van der Waals surface area contributed by atoms with Crippen LogP contribution in [-0.4, -0.2) is 23.2 Å². The van der Waals surface area contributed by atoms with E-state index in [0.717, 1.165) is 34.7 Å². The van der Waals surface area contributed by atoms with Crippen LogP contribution in [-0.2, 0) is 11.3 Å². The second-order valence-corrected chi connectivity index (χ2v) is 6.37. The molecule has 2 N–H and O–H groups in total. The highest BCUT2D eigenvalue weighted by molar-refractivity contribution is 5.92. The number of rotatable bonds is 8. The third-order valence-electron chi connectivity index (χ3n) is 4.33. The van der Waals surface area contributed by atoms with Crippen LogP contribution in [0.25, 0.3) is 11.5 Å². The fourth-order valence-corrected chi connectivity index (χ4v) is 2.75. The van der Waals surface area contributed by atoms with Gasteiger partial charge in [-0.1, -0.05) is 18.1 Å². The Kier molecular flexibility index (Phi) is 6.26. The second-order valence-electron chi connectivity index (χ2n) is 6.37. The number of hydrogen-bond donors (Lipinski definition) is 2. The van der Waals surface area contributed by atoms with Gasteiger partial charge in [0.05, 0.1) is 13.7 Å². The minimum absolute atomic E-state index is 0.0186. The van der Waals surface area contributed by atoms with E-state index >= 15 is 0 Å². The second kappa shape index (κ2) is 9.03. The van der Waals surface area contributed by atoms with Crippen molar-refractivity contribution in [1.29, 1.82) is 0 Å². The molecule has 2 aromatic carbocycles. The van der Waals surface area contributed by atoms with E-state index in [4.69, 9.17) is 9.26 Å². The highest BCUT2D eigenvalue weighted by Gasteiger charge is 2.11. The quantitative estimate of drug-likeness (QED) is 0.602. The zero-order chi connectivity index (χ0) is 19.9. The number of ether oxygens (including phenoxy) is 1. The fourth-order valence-electron chi connectivity index (χ4n) is 2.75. The van der Waals surface area contributed by atoms with Gasteiger partial charge < -0.3 is 19.9 Å². The van der Waals surface area contributed by atoms with Crippen LogP contribution in [0.3, 0.4) is 0 Å². The lowest BCUT2D eigenvalue weighted by molar-refractivity contribution is -0.116. The van der Waals surface area contributed by atoms with E-state index in [1.165, 1.54) is 0 Å². The Morgan fingerprint density at radius 2 is 1.89 bits per heavy atom. The van der Waals surface area contributed by atoms with Gasteiger partial charge in [0.1, 0.15) is 5.75 Å².